The molecule has 1 heterocycles. The zero-order valence-corrected chi connectivity index (χ0v) is 11.9. The Bertz CT molecular complexity index is 443. The monoisotopic (exact) mass is 312 g/mol. The van der Waals surface area contributed by atoms with Crippen molar-refractivity contribution in [2.24, 2.45) is 5.73 Å². The molecular formula is C13H17BrN2O2. The number of nitrogens with two attached hydrogens (primary N) is 1. The fourth-order valence-corrected chi connectivity index (χ4v) is 2.63. The van der Waals surface area contributed by atoms with Gasteiger partial charge in [0, 0.05) is 29.3 Å². The molecule has 4 nitrogen and oxygen atoms in total. The highest BCUT2D eigenvalue weighted by atomic mass is 79.9. The van der Waals surface area contributed by atoms with Crippen LogP contribution in [0.25, 0.3) is 0 Å². The Labute approximate surface area is 115 Å². The Balaban J connectivity index is 2.22. The summed E-state index contributed by atoms with van der Waals surface area (Å²) in [4.78, 5) is 13.8. The lowest BCUT2D eigenvalue weighted by atomic mass is 10.0. The van der Waals surface area contributed by atoms with Gasteiger partial charge < -0.3 is 15.4 Å². The van der Waals surface area contributed by atoms with E-state index in [0.717, 1.165) is 36.1 Å². The van der Waals surface area contributed by atoms with Crippen LogP contribution in [0.2, 0.25) is 0 Å². The van der Waals surface area contributed by atoms with Gasteiger partial charge in [-0.15, -0.1) is 0 Å². The van der Waals surface area contributed by atoms with Crippen molar-refractivity contribution in [2.45, 2.75) is 18.9 Å². The maximum atomic E-state index is 11.6. The second-order valence-electron chi connectivity index (χ2n) is 4.51. The number of hydrogen-bond acceptors (Lipinski definition) is 4. The van der Waals surface area contributed by atoms with Crippen molar-refractivity contribution in [1.29, 1.82) is 0 Å². The van der Waals surface area contributed by atoms with E-state index in [-0.39, 0.29) is 5.97 Å². The summed E-state index contributed by atoms with van der Waals surface area (Å²) in [6.07, 6.45) is 1.97. The molecular weight excluding hydrogens is 296 g/mol. The fourth-order valence-electron chi connectivity index (χ4n) is 2.15. The van der Waals surface area contributed by atoms with E-state index >= 15 is 0 Å². The van der Waals surface area contributed by atoms with Gasteiger partial charge in [0.1, 0.15) is 0 Å². The van der Waals surface area contributed by atoms with Gasteiger partial charge in [0.2, 0.25) is 0 Å². The topological polar surface area (TPSA) is 55.6 Å². The number of nitrogens with zero attached hydrogens (tertiary/aromatic N) is 1. The summed E-state index contributed by atoms with van der Waals surface area (Å²) in [6, 6.07) is 5.95. The maximum absolute atomic E-state index is 11.6. The van der Waals surface area contributed by atoms with E-state index in [1.54, 1.807) is 6.07 Å². The highest BCUT2D eigenvalue weighted by Crippen LogP contribution is 2.25. The van der Waals surface area contributed by atoms with E-state index in [1.165, 1.54) is 7.11 Å². The van der Waals surface area contributed by atoms with Gasteiger partial charge >= 0.3 is 5.97 Å². The number of ether oxygens (including phenoxy) is 1. The molecule has 1 fully saturated rings. The summed E-state index contributed by atoms with van der Waals surface area (Å²) in [5, 5.41) is 0. The predicted octanol–water partition coefficient (Wildman–Crippen LogP) is 2.16. The number of carbonyl (C=O) groups is 1. The molecule has 1 aromatic carbocycles. The number of halogens is 1. The van der Waals surface area contributed by atoms with Gasteiger partial charge in [-0.1, -0.05) is 15.9 Å². The van der Waals surface area contributed by atoms with E-state index in [0.29, 0.717) is 11.6 Å². The molecule has 0 unspecified atom stereocenters. The van der Waals surface area contributed by atoms with Crippen LogP contribution in [0.3, 0.4) is 0 Å². The molecule has 2 rings (SSSR count). The summed E-state index contributed by atoms with van der Waals surface area (Å²) < 4.78 is 5.64. The number of benzene rings is 1. The molecule has 18 heavy (non-hydrogen) atoms. The second-order valence-corrected chi connectivity index (χ2v) is 5.43. The molecule has 1 aromatic rings. The van der Waals surface area contributed by atoms with Crippen LogP contribution in [0.5, 0.6) is 0 Å². The number of piperidine rings is 1. The third-order valence-electron chi connectivity index (χ3n) is 3.21. The van der Waals surface area contributed by atoms with Crippen LogP contribution in [-0.2, 0) is 4.74 Å². The number of anilines is 1. The van der Waals surface area contributed by atoms with Crippen LogP contribution in [0.15, 0.2) is 22.7 Å². The fraction of sp³-hybridized carbons (Fsp3) is 0.462. The van der Waals surface area contributed by atoms with Crippen LogP contribution in [-0.4, -0.2) is 32.2 Å². The zero-order valence-electron chi connectivity index (χ0n) is 10.4. The first-order valence-electron chi connectivity index (χ1n) is 5.99. The molecule has 0 bridgehead atoms. The molecule has 1 aliphatic rings. The summed E-state index contributed by atoms with van der Waals surface area (Å²) in [5.41, 5.74) is 7.50. The van der Waals surface area contributed by atoms with E-state index < -0.39 is 0 Å². The standard InChI is InChI=1S/C13H17BrN2O2/c1-18-13(17)9-6-10(14)8-12(7-9)16-4-2-11(15)3-5-16/h6-8,11H,2-5,15H2,1H3. The van der Waals surface area contributed by atoms with Crippen LogP contribution < -0.4 is 10.6 Å². The first-order chi connectivity index (χ1) is 8.60. The summed E-state index contributed by atoms with van der Waals surface area (Å²) in [5.74, 6) is -0.314. The highest BCUT2D eigenvalue weighted by molar-refractivity contribution is 9.10. The van der Waals surface area contributed by atoms with Crippen LogP contribution >= 0.6 is 15.9 Å². The smallest absolute Gasteiger partial charge is 0.337 e. The molecule has 1 saturated heterocycles. The molecule has 0 radical (unpaired) electrons. The van der Waals surface area contributed by atoms with Gasteiger partial charge in [0.15, 0.2) is 0 Å². The Morgan fingerprint density at radius 1 is 1.39 bits per heavy atom. The molecule has 0 amide bonds. The number of carbonyl (C=O) groups excluding carboxylic acids is 1. The lowest BCUT2D eigenvalue weighted by Crippen LogP contribution is -2.39. The number of methoxy groups -OCH3 is 1. The molecule has 1 aliphatic heterocycles. The van der Waals surface area contributed by atoms with Crippen LogP contribution in [0.1, 0.15) is 23.2 Å². The lowest BCUT2D eigenvalue weighted by Gasteiger charge is -2.32. The van der Waals surface area contributed by atoms with Crippen molar-refractivity contribution >= 4 is 27.6 Å². The molecule has 2 N–H and O–H groups in total. The maximum Gasteiger partial charge on any atom is 0.337 e. The van der Waals surface area contributed by atoms with Gasteiger partial charge in [0.05, 0.1) is 12.7 Å². The summed E-state index contributed by atoms with van der Waals surface area (Å²) in [7, 11) is 1.39. The number of esters is 1. The first kappa shape index (κ1) is 13.4. The third kappa shape index (κ3) is 3.03. The van der Waals surface area contributed by atoms with E-state index in [2.05, 4.69) is 20.8 Å². The molecule has 0 spiro atoms. The third-order valence-corrected chi connectivity index (χ3v) is 3.67. The van der Waals surface area contributed by atoms with Gasteiger partial charge in [0.25, 0.3) is 0 Å². The normalized spacial score (nSPS) is 16.7. The van der Waals surface area contributed by atoms with E-state index in [9.17, 15) is 4.79 Å². The number of rotatable bonds is 2. The summed E-state index contributed by atoms with van der Waals surface area (Å²) in [6.45, 7) is 1.86. The molecule has 98 valence electrons. The summed E-state index contributed by atoms with van der Waals surface area (Å²) >= 11 is 3.43. The van der Waals surface area contributed by atoms with Crippen LogP contribution in [0, 0.1) is 0 Å². The van der Waals surface area contributed by atoms with E-state index in [1.807, 2.05) is 12.1 Å². The Kier molecular flexibility index (Phi) is 4.24. The largest absolute Gasteiger partial charge is 0.465 e. The Morgan fingerprint density at radius 2 is 2.06 bits per heavy atom. The first-order valence-corrected chi connectivity index (χ1v) is 6.79. The zero-order chi connectivity index (χ0) is 13.1. The average Bonchev–Trinajstić information content (AvgIpc) is 2.38. The predicted molar refractivity (Wildman–Crippen MR) is 74.9 cm³/mol. The Hall–Kier alpha value is -1.07. The minimum atomic E-state index is -0.314. The minimum Gasteiger partial charge on any atom is -0.465 e. The van der Waals surface area contributed by atoms with Crippen molar-refractivity contribution in [3.8, 4) is 0 Å². The second kappa shape index (κ2) is 5.71. The van der Waals surface area contributed by atoms with Gasteiger partial charge in [-0.3, -0.25) is 0 Å². The van der Waals surface area contributed by atoms with Crippen LogP contribution in [0.4, 0.5) is 5.69 Å². The van der Waals surface area contributed by atoms with E-state index in [4.69, 9.17) is 10.5 Å². The van der Waals surface area contributed by atoms with Crippen molar-refractivity contribution in [3.05, 3.63) is 28.2 Å². The van der Waals surface area contributed by atoms with Crippen molar-refractivity contribution in [1.82, 2.24) is 0 Å². The van der Waals surface area contributed by atoms with Crippen molar-refractivity contribution in [2.75, 3.05) is 25.1 Å². The van der Waals surface area contributed by atoms with Gasteiger partial charge in [-0.05, 0) is 31.0 Å². The van der Waals surface area contributed by atoms with Crippen molar-refractivity contribution < 1.29 is 9.53 Å². The Morgan fingerprint density at radius 3 is 2.67 bits per heavy atom. The molecule has 0 aromatic heterocycles. The minimum absolute atomic E-state index is 0.300. The molecule has 0 saturated carbocycles. The molecule has 0 atom stereocenters. The lowest BCUT2D eigenvalue weighted by molar-refractivity contribution is 0.0600. The van der Waals surface area contributed by atoms with Crippen molar-refractivity contribution in [3.63, 3.8) is 0 Å². The number of hydrogen-bond donors (Lipinski definition) is 1. The molecule has 0 aliphatic carbocycles. The average molecular weight is 313 g/mol. The van der Waals surface area contributed by atoms with Gasteiger partial charge in [-0.2, -0.15) is 0 Å². The molecule has 5 heteroatoms. The SMILES string of the molecule is COC(=O)c1cc(Br)cc(N2CCC(N)CC2)c1. The van der Waals surface area contributed by atoms with Gasteiger partial charge in [-0.25, -0.2) is 4.79 Å². The quantitative estimate of drug-likeness (QED) is 0.850. The highest BCUT2D eigenvalue weighted by Gasteiger charge is 2.18.